The lowest BCUT2D eigenvalue weighted by molar-refractivity contribution is -0.130. The van der Waals surface area contributed by atoms with Crippen LogP contribution in [0.4, 0.5) is 5.69 Å². The molecule has 1 heterocycles. The van der Waals surface area contributed by atoms with Gasteiger partial charge in [0, 0.05) is 44.6 Å². The van der Waals surface area contributed by atoms with E-state index in [2.05, 4.69) is 10.6 Å². The SMILES string of the molecule is Cc1ccc(NC(=O)CC2CSCCN2)c(OCC(=O)N(C)C)c1. The van der Waals surface area contributed by atoms with Crippen LogP contribution in [0.1, 0.15) is 12.0 Å². The van der Waals surface area contributed by atoms with E-state index in [0.717, 1.165) is 23.6 Å². The summed E-state index contributed by atoms with van der Waals surface area (Å²) >= 11 is 1.86. The molecule has 1 atom stereocenters. The van der Waals surface area contributed by atoms with Crippen LogP contribution in [0.25, 0.3) is 0 Å². The summed E-state index contributed by atoms with van der Waals surface area (Å²) in [6.07, 6.45) is 0.428. The van der Waals surface area contributed by atoms with E-state index in [4.69, 9.17) is 4.74 Å². The van der Waals surface area contributed by atoms with Crippen LogP contribution in [0.2, 0.25) is 0 Å². The maximum absolute atomic E-state index is 12.3. The first-order valence-electron chi connectivity index (χ1n) is 8.00. The Kier molecular flexibility index (Phi) is 6.93. The summed E-state index contributed by atoms with van der Waals surface area (Å²) in [5.41, 5.74) is 1.60. The first kappa shape index (κ1) is 18.6. The van der Waals surface area contributed by atoms with Crippen molar-refractivity contribution < 1.29 is 14.3 Å². The number of hydrogen-bond donors (Lipinski definition) is 2. The molecule has 24 heavy (non-hydrogen) atoms. The fourth-order valence-corrected chi connectivity index (χ4v) is 3.25. The van der Waals surface area contributed by atoms with Crippen molar-refractivity contribution in [2.75, 3.05) is 44.1 Å². The summed E-state index contributed by atoms with van der Waals surface area (Å²) < 4.78 is 5.61. The fraction of sp³-hybridized carbons (Fsp3) is 0.529. The zero-order valence-electron chi connectivity index (χ0n) is 14.4. The van der Waals surface area contributed by atoms with Crippen LogP contribution in [0.3, 0.4) is 0 Å². The molecule has 1 aliphatic heterocycles. The lowest BCUT2D eigenvalue weighted by atomic mass is 10.2. The van der Waals surface area contributed by atoms with Crippen molar-refractivity contribution in [1.29, 1.82) is 0 Å². The van der Waals surface area contributed by atoms with Crippen LogP contribution >= 0.6 is 11.8 Å². The van der Waals surface area contributed by atoms with Gasteiger partial charge in [-0.3, -0.25) is 9.59 Å². The second kappa shape index (κ2) is 8.94. The smallest absolute Gasteiger partial charge is 0.259 e. The predicted octanol–water partition coefficient (Wildman–Crippen LogP) is 1.50. The average Bonchev–Trinajstić information content (AvgIpc) is 2.55. The molecule has 1 aliphatic rings. The summed E-state index contributed by atoms with van der Waals surface area (Å²) in [4.78, 5) is 25.4. The molecule has 2 N–H and O–H groups in total. The predicted molar refractivity (Wildman–Crippen MR) is 97.7 cm³/mol. The van der Waals surface area contributed by atoms with Gasteiger partial charge in [-0.1, -0.05) is 6.07 Å². The minimum atomic E-state index is -0.128. The second-order valence-electron chi connectivity index (χ2n) is 6.05. The monoisotopic (exact) mass is 351 g/mol. The standard InChI is InChI=1S/C17H25N3O3S/c1-12-4-5-14(15(8-12)23-10-17(22)20(2)3)19-16(21)9-13-11-24-7-6-18-13/h4-5,8,13,18H,6-7,9-11H2,1-3H3,(H,19,21). The molecule has 0 spiro atoms. The zero-order chi connectivity index (χ0) is 17.5. The highest BCUT2D eigenvalue weighted by molar-refractivity contribution is 7.99. The number of carbonyl (C=O) groups excluding carboxylic acids is 2. The summed E-state index contributed by atoms with van der Waals surface area (Å²) in [6.45, 7) is 2.82. The van der Waals surface area contributed by atoms with E-state index in [0.29, 0.717) is 17.9 Å². The first-order valence-corrected chi connectivity index (χ1v) is 9.15. The highest BCUT2D eigenvalue weighted by Crippen LogP contribution is 2.26. The van der Waals surface area contributed by atoms with Crippen molar-refractivity contribution in [2.24, 2.45) is 0 Å². The largest absolute Gasteiger partial charge is 0.482 e. The third-order valence-corrected chi connectivity index (χ3v) is 4.82. The lowest BCUT2D eigenvalue weighted by Crippen LogP contribution is -2.39. The number of anilines is 1. The summed E-state index contributed by atoms with van der Waals surface area (Å²) in [5, 5.41) is 6.25. The van der Waals surface area contributed by atoms with Gasteiger partial charge < -0.3 is 20.3 Å². The highest BCUT2D eigenvalue weighted by Gasteiger charge is 2.18. The summed E-state index contributed by atoms with van der Waals surface area (Å²) in [6, 6.07) is 5.75. The highest BCUT2D eigenvalue weighted by atomic mass is 32.2. The van der Waals surface area contributed by atoms with E-state index in [1.807, 2.05) is 36.9 Å². The molecule has 0 bridgehead atoms. The molecule has 2 rings (SSSR count). The van der Waals surface area contributed by atoms with Gasteiger partial charge in [-0.2, -0.15) is 11.8 Å². The van der Waals surface area contributed by atoms with Gasteiger partial charge in [0.15, 0.2) is 6.61 Å². The van der Waals surface area contributed by atoms with E-state index >= 15 is 0 Å². The van der Waals surface area contributed by atoms with Gasteiger partial charge in [-0.15, -0.1) is 0 Å². The number of nitrogens with one attached hydrogen (secondary N) is 2. The maximum Gasteiger partial charge on any atom is 0.259 e. The number of rotatable bonds is 6. The van der Waals surface area contributed by atoms with E-state index in [9.17, 15) is 9.59 Å². The Morgan fingerprint density at radius 1 is 1.42 bits per heavy atom. The fourth-order valence-electron chi connectivity index (χ4n) is 2.30. The molecule has 1 saturated heterocycles. The molecule has 2 amide bonds. The van der Waals surface area contributed by atoms with Crippen molar-refractivity contribution in [2.45, 2.75) is 19.4 Å². The summed E-state index contributed by atoms with van der Waals surface area (Å²) in [7, 11) is 3.36. The second-order valence-corrected chi connectivity index (χ2v) is 7.20. The van der Waals surface area contributed by atoms with Gasteiger partial charge in [0.2, 0.25) is 5.91 Å². The number of amides is 2. The molecule has 1 fully saturated rings. The number of ether oxygens (including phenoxy) is 1. The van der Waals surface area contributed by atoms with Crippen molar-refractivity contribution >= 4 is 29.3 Å². The number of carbonyl (C=O) groups is 2. The van der Waals surface area contributed by atoms with Gasteiger partial charge in [-0.25, -0.2) is 0 Å². The number of hydrogen-bond acceptors (Lipinski definition) is 5. The van der Waals surface area contributed by atoms with Crippen molar-refractivity contribution in [3.05, 3.63) is 23.8 Å². The third-order valence-electron chi connectivity index (χ3n) is 3.69. The van der Waals surface area contributed by atoms with Crippen molar-refractivity contribution in [3.8, 4) is 5.75 Å². The quantitative estimate of drug-likeness (QED) is 0.813. The zero-order valence-corrected chi connectivity index (χ0v) is 15.2. The molecular formula is C17H25N3O3S. The van der Waals surface area contributed by atoms with E-state index in [1.54, 1.807) is 14.1 Å². The third kappa shape index (κ3) is 5.72. The van der Waals surface area contributed by atoms with Gasteiger partial charge >= 0.3 is 0 Å². The number of nitrogens with zero attached hydrogens (tertiary/aromatic N) is 1. The topological polar surface area (TPSA) is 70.7 Å². The molecule has 6 nitrogen and oxygen atoms in total. The lowest BCUT2D eigenvalue weighted by Gasteiger charge is -2.22. The molecule has 7 heteroatoms. The van der Waals surface area contributed by atoms with E-state index < -0.39 is 0 Å². The molecular weight excluding hydrogens is 326 g/mol. The van der Waals surface area contributed by atoms with Crippen LogP contribution in [-0.4, -0.2) is 61.5 Å². The molecule has 1 unspecified atom stereocenters. The summed E-state index contributed by atoms with van der Waals surface area (Å²) in [5.74, 6) is 2.38. The van der Waals surface area contributed by atoms with Crippen molar-refractivity contribution in [3.63, 3.8) is 0 Å². The Morgan fingerprint density at radius 3 is 2.88 bits per heavy atom. The van der Waals surface area contributed by atoms with Crippen LogP contribution in [0.5, 0.6) is 5.75 Å². The van der Waals surface area contributed by atoms with Crippen LogP contribution in [-0.2, 0) is 9.59 Å². The Balaban J connectivity index is 1.97. The molecule has 1 aromatic carbocycles. The Bertz CT molecular complexity index is 586. The van der Waals surface area contributed by atoms with E-state index in [1.165, 1.54) is 4.90 Å². The normalized spacial score (nSPS) is 17.2. The van der Waals surface area contributed by atoms with Gasteiger partial charge in [-0.05, 0) is 24.6 Å². The number of likely N-dealkylation sites (N-methyl/N-ethyl adjacent to an activating group) is 1. The molecule has 0 aliphatic carbocycles. The number of thioether (sulfide) groups is 1. The van der Waals surface area contributed by atoms with Crippen molar-refractivity contribution in [1.82, 2.24) is 10.2 Å². The van der Waals surface area contributed by atoms with Crippen LogP contribution in [0.15, 0.2) is 18.2 Å². The molecule has 132 valence electrons. The van der Waals surface area contributed by atoms with Gasteiger partial charge in [0.1, 0.15) is 5.75 Å². The number of benzene rings is 1. The van der Waals surface area contributed by atoms with Crippen LogP contribution in [0, 0.1) is 6.92 Å². The van der Waals surface area contributed by atoms with Crippen LogP contribution < -0.4 is 15.4 Å². The Labute approximate surface area is 147 Å². The Morgan fingerprint density at radius 2 is 2.21 bits per heavy atom. The molecule has 0 aromatic heterocycles. The Hall–Kier alpha value is -1.73. The molecule has 0 saturated carbocycles. The number of aryl methyl sites for hydroxylation is 1. The minimum Gasteiger partial charge on any atom is -0.482 e. The molecule has 0 radical (unpaired) electrons. The minimum absolute atomic E-state index is 0.0531. The molecule has 1 aromatic rings. The van der Waals surface area contributed by atoms with Gasteiger partial charge in [0.25, 0.3) is 5.91 Å². The first-order chi connectivity index (χ1) is 11.5. The maximum atomic E-state index is 12.3. The van der Waals surface area contributed by atoms with Gasteiger partial charge in [0.05, 0.1) is 5.69 Å². The van der Waals surface area contributed by atoms with E-state index in [-0.39, 0.29) is 24.5 Å². The average molecular weight is 351 g/mol.